The number of hydrogen-bond acceptors (Lipinski definition) is 4. The quantitative estimate of drug-likeness (QED) is 0.478. The Balaban J connectivity index is 2.05. The summed E-state index contributed by atoms with van der Waals surface area (Å²) in [6.45, 7) is 0.709. The van der Waals surface area contributed by atoms with Crippen LogP contribution in [0.1, 0.15) is 5.56 Å². The van der Waals surface area contributed by atoms with Crippen molar-refractivity contribution in [3.8, 4) is 34.3 Å². The van der Waals surface area contributed by atoms with Crippen molar-refractivity contribution in [1.29, 1.82) is 0 Å². The monoisotopic (exact) mass is 283 g/mol. The first kappa shape index (κ1) is 12.0. The minimum Gasteiger partial charge on any atom is -0.504 e. The summed E-state index contributed by atoms with van der Waals surface area (Å²) in [5, 5.41) is 39.5. The van der Waals surface area contributed by atoms with Gasteiger partial charge in [0.1, 0.15) is 0 Å². The van der Waals surface area contributed by atoms with Crippen molar-refractivity contribution < 1.29 is 20.4 Å². The normalized spacial score (nSPS) is 13.1. The standard InChI is InChI=1S/C16H13NO4/c18-13-4-8-1-2-17-11-7-16(21)14(19)5-9(11)3-12(17)10(8)6-15(13)20/h3-7,18-21H,1-2H2. The topological polar surface area (TPSA) is 85.8 Å². The molecule has 4 rings (SSSR count). The Labute approximate surface area is 119 Å². The highest BCUT2D eigenvalue weighted by atomic mass is 16.3. The third-order valence-electron chi connectivity index (χ3n) is 4.08. The molecule has 2 aromatic carbocycles. The fourth-order valence-electron chi connectivity index (χ4n) is 3.05. The van der Waals surface area contributed by atoms with Crippen LogP contribution < -0.4 is 0 Å². The summed E-state index contributed by atoms with van der Waals surface area (Å²) >= 11 is 0. The van der Waals surface area contributed by atoms with Gasteiger partial charge >= 0.3 is 0 Å². The zero-order valence-electron chi connectivity index (χ0n) is 11.0. The molecular weight excluding hydrogens is 270 g/mol. The lowest BCUT2D eigenvalue weighted by Gasteiger charge is -2.20. The molecule has 0 unspecified atom stereocenters. The number of aromatic hydroxyl groups is 4. The van der Waals surface area contributed by atoms with Gasteiger partial charge in [-0.2, -0.15) is 0 Å². The van der Waals surface area contributed by atoms with E-state index >= 15 is 0 Å². The highest BCUT2D eigenvalue weighted by molar-refractivity contribution is 5.91. The summed E-state index contributed by atoms with van der Waals surface area (Å²) in [7, 11) is 0. The van der Waals surface area contributed by atoms with Crippen LogP contribution in [0.15, 0.2) is 30.3 Å². The van der Waals surface area contributed by atoms with Gasteiger partial charge in [0, 0.05) is 29.3 Å². The summed E-state index contributed by atoms with van der Waals surface area (Å²) in [4.78, 5) is 0. The molecule has 0 radical (unpaired) electrons. The van der Waals surface area contributed by atoms with Gasteiger partial charge in [-0.05, 0) is 36.2 Å². The van der Waals surface area contributed by atoms with E-state index in [0.29, 0.717) is 6.54 Å². The summed E-state index contributed by atoms with van der Waals surface area (Å²) < 4.78 is 2.04. The van der Waals surface area contributed by atoms with Crippen molar-refractivity contribution in [2.24, 2.45) is 0 Å². The molecule has 106 valence electrons. The van der Waals surface area contributed by atoms with E-state index in [4.69, 9.17) is 0 Å². The van der Waals surface area contributed by atoms with Crippen LogP contribution in [0.5, 0.6) is 23.0 Å². The number of fused-ring (bicyclic) bond motifs is 5. The van der Waals surface area contributed by atoms with E-state index in [1.165, 1.54) is 6.07 Å². The Morgan fingerprint density at radius 2 is 1.43 bits per heavy atom. The van der Waals surface area contributed by atoms with E-state index in [0.717, 1.165) is 34.1 Å². The molecule has 1 aliphatic rings. The van der Waals surface area contributed by atoms with E-state index in [1.807, 2.05) is 10.6 Å². The number of aromatic nitrogens is 1. The van der Waals surface area contributed by atoms with Crippen LogP contribution >= 0.6 is 0 Å². The Hall–Kier alpha value is -2.82. The molecule has 0 bridgehead atoms. The molecule has 0 saturated carbocycles. The maximum atomic E-state index is 9.72. The number of nitrogens with zero attached hydrogens (tertiary/aromatic N) is 1. The first-order valence-electron chi connectivity index (χ1n) is 6.65. The van der Waals surface area contributed by atoms with Gasteiger partial charge in [-0.25, -0.2) is 0 Å². The van der Waals surface area contributed by atoms with Gasteiger partial charge in [0.15, 0.2) is 23.0 Å². The molecule has 0 fully saturated rings. The number of phenolic OH excluding ortho intramolecular Hbond substituents is 4. The average molecular weight is 283 g/mol. The predicted molar refractivity (Wildman–Crippen MR) is 77.7 cm³/mol. The molecule has 3 aromatic rings. The highest BCUT2D eigenvalue weighted by Gasteiger charge is 2.21. The minimum atomic E-state index is -0.154. The van der Waals surface area contributed by atoms with E-state index in [9.17, 15) is 20.4 Å². The van der Waals surface area contributed by atoms with E-state index in [-0.39, 0.29) is 23.0 Å². The molecule has 5 nitrogen and oxygen atoms in total. The van der Waals surface area contributed by atoms with Crippen LogP contribution in [0.3, 0.4) is 0 Å². The Morgan fingerprint density at radius 1 is 0.762 bits per heavy atom. The number of aryl methyl sites for hydroxylation is 2. The fraction of sp³-hybridized carbons (Fsp3) is 0.125. The minimum absolute atomic E-state index is 0.117. The largest absolute Gasteiger partial charge is 0.504 e. The lowest BCUT2D eigenvalue weighted by molar-refractivity contribution is 0.403. The zero-order chi connectivity index (χ0) is 14.7. The van der Waals surface area contributed by atoms with Crippen molar-refractivity contribution in [1.82, 2.24) is 4.57 Å². The van der Waals surface area contributed by atoms with Crippen LogP contribution in [-0.4, -0.2) is 25.0 Å². The second-order valence-electron chi connectivity index (χ2n) is 5.33. The first-order chi connectivity index (χ1) is 10.0. The Bertz CT molecular complexity index is 895. The predicted octanol–water partition coefficient (Wildman–Crippen LogP) is 2.69. The van der Waals surface area contributed by atoms with Crippen molar-refractivity contribution in [3.05, 3.63) is 35.9 Å². The van der Waals surface area contributed by atoms with Crippen LogP contribution in [0.25, 0.3) is 22.2 Å². The van der Waals surface area contributed by atoms with Gasteiger partial charge in [-0.1, -0.05) is 0 Å². The van der Waals surface area contributed by atoms with Crippen molar-refractivity contribution in [2.45, 2.75) is 13.0 Å². The molecule has 5 heteroatoms. The maximum absolute atomic E-state index is 9.72. The molecular formula is C16H13NO4. The Kier molecular flexibility index (Phi) is 2.19. The summed E-state index contributed by atoms with van der Waals surface area (Å²) in [6.07, 6.45) is 0.724. The van der Waals surface area contributed by atoms with E-state index in [1.54, 1.807) is 18.2 Å². The van der Waals surface area contributed by atoms with Gasteiger partial charge in [-0.3, -0.25) is 0 Å². The molecule has 0 aliphatic carbocycles. The lowest BCUT2D eigenvalue weighted by Crippen LogP contribution is -2.10. The van der Waals surface area contributed by atoms with Gasteiger partial charge in [0.05, 0.1) is 5.52 Å². The second kappa shape index (κ2) is 3.85. The van der Waals surface area contributed by atoms with Gasteiger partial charge in [0.2, 0.25) is 0 Å². The third-order valence-corrected chi connectivity index (χ3v) is 4.08. The first-order valence-corrected chi connectivity index (χ1v) is 6.65. The molecule has 2 heterocycles. The SMILES string of the molecule is Oc1cc2c(cc1O)-c1cc3cc(O)c(O)cc3n1CC2. The summed E-state index contributed by atoms with van der Waals surface area (Å²) in [6, 6.07) is 8.10. The van der Waals surface area contributed by atoms with Crippen LogP contribution in [0, 0.1) is 0 Å². The molecule has 0 saturated heterocycles. The zero-order valence-corrected chi connectivity index (χ0v) is 11.0. The highest BCUT2D eigenvalue weighted by Crippen LogP contribution is 2.41. The van der Waals surface area contributed by atoms with Crippen molar-refractivity contribution >= 4 is 10.9 Å². The average Bonchev–Trinajstić information content (AvgIpc) is 2.79. The molecule has 1 aromatic heterocycles. The maximum Gasteiger partial charge on any atom is 0.159 e. The smallest absolute Gasteiger partial charge is 0.159 e. The number of phenols is 4. The lowest BCUT2D eigenvalue weighted by atomic mass is 9.98. The molecule has 1 aliphatic heterocycles. The fourth-order valence-corrected chi connectivity index (χ4v) is 3.05. The third kappa shape index (κ3) is 1.57. The van der Waals surface area contributed by atoms with Crippen LogP contribution in [0.2, 0.25) is 0 Å². The van der Waals surface area contributed by atoms with Crippen molar-refractivity contribution in [3.63, 3.8) is 0 Å². The van der Waals surface area contributed by atoms with Crippen LogP contribution in [0.4, 0.5) is 0 Å². The Morgan fingerprint density at radius 3 is 2.24 bits per heavy atom. The molecule has 21 heavy (non-hydrogen) atoms. The summed E-state index contributed by atoms with van der Waals surface area (Å²) in [5.41, 5.74) is 3.55. The van der Waals surface area contributed by atoms with Gasteiger partial charge in [-0.15, -0.1) is 0 Å². The van der Waals surface area contributed by atoms with Gasteiger partial charge < -0.3 is 25.0 Å². The van der Waals surface area contributed by atoms with E-state index in [2.05, 4.69) is 0 Å². The molecule has 0 spiro atoms. The molecule has 0 amide bonds. The van der Waals surface area contributed by atoms with Gasteiger partial charge in [0.25, 0.3) is 0 Å². The molecule has 0 atom stereocenters. The number of hydrogen-bond donors (Lipinski definition) is 4. The number of rotatable bonds is 0. The summed E-state index contributed by atoms with van der Waals surface area (Å²) in [5.74, 6) is -0.575. The molecule has 4 N–H and O–H groups in total. The second-order valence-corrected chi connectivity index (χ2v) is 5.33. The van der Waals surface area contributed by atoms with E-state index < -0.39 is 0 Å². The number of benzene rings is 2. The van der Waals surface area contributed by atoms with Crippen molar-refractivity contribution in [2.75, 3.05) is 0 Å². The van der Waals surface area contributed by atoms with Crippen LogP contribution in [-0.2, 0) is 13.0 Å².